The number of rotatable bonds is 2. The Morgan fingerprint density at radius 1 is 1.00 bits per heavy atom. The van der Waals surface area contributed by atoms with E-state index in [1.54, 1.807) is 0 Å². The molecule has 0 radical (unpaired) electrons. The van der Waals surface area contributed by atoms with Gasteiger partial charge in [0.15, 0.2) is 6.29 Å². The summed E-state index contributed by atoms with van der Waals surface area (Å²) in [6.07, 6.45) is -2.29. The molecule has 1 aromatic rings. The number of aliphatic hydroxyl groups is 1. The summed E-state index contributed by atoms with van der Waals surface area (Å²) in [6, 6.07) is 1.61. The number of ether oxygens (including phenoxy) is 1. The van der Waals surface area contributed by atoms with Gasteiger partial charge in [0, 0.05) is 6.42 Å². The van der Waals surface area contributed by atoms with E-state index in [1.165, 1.54) is 0 Å². The quantitative estimate of drug-likeness (QED) is 0.813. The summed E-state index contributed by atoms with van der Waals surface area (Å²) in [5.74, 6) is -2.97. The van der Waals surface area contributed by atoms with Crippen molar-refractivity contribution in [3.8, 4) is 0 Å². The summed E-state index contributed by atoms with van der Waals surface area (Å²) in [5, 5.41) is 9.13. The van der Waals surface area contributed by atoms with Crippen LogP contribution in [0.3, 0.4) is 0 Å². The predicted molar refractivity (Wildman–Crippen MR) is 71.6 cm³/mol. The van der Waals surface area contributed by atoms with Crippen molar-refractivity contribution in [2.45, 2.75) is 56.6 Å². The van der Waals surface area contributed by atoms with Crippen molar-refractivity contribution in [1.82, 2.24) is 0 Å². The highest BCUT2D eigenvalue weighted by Crippen LogP contribution is 2.42. The van der Waals surface area contributed by atoms with Crippen LogP contribution in [0.2, 0.25) is 0 Å². The van der Waals surface area contributed by atoms with Gasteiger partial charge in [-0.05, 0) is 55.2 Å². The Kier molecular flexibility index (Phi) is 4.35. The van der Waals surface area contributed by atoms with Crippen LogP contribution in [0.15, 0.2) is 12.1 Å². The van der Waals surface area contributed by atoms with Crippen LogP contribution >= 0.6 is 0 Å². The molecule has 0 amide bonds. The summed E-state index contributed by atoms with van der Waals surface area (Å²) in [5.41, 5.74) is -1.55. The Labute approximate surface area is 130 Å². The summed E-state index contributed by atoms with van der Waals surface area (Å²) in [6.45, 7) is 0. The molecule has 0 bridgehead atoms. The molecule has 2 aliphatic rings. The maximum Gasteiger partial charge on any atom is 0.422 e. The lowest BCUT2D eigenvalue weighted by Gasteiger charge is -2.41. The van der Waals surface area contributed by atoms with Gasteiger partial charge in [0.05, 0.1) is 6.10 Å². The fourth-order valence-electron chi connectivity index (χ4n) is 3.62. The summed E-state index contributed by atoms with van der Waals surface area (Å²) in [4.78, 5) is 0. The predicted octanol–water partition coefficient (Wildman–Crippen LogP) is 4.36. The second-order valence-electron chi connectivity index (χ2n) is 6.33. The SMILES string of the molecule is OC1CC(C2CCC(c3cc(F)c(C(F)(F)F)c(F)c3)CC2)O1. The molecule has 23 heavy (non-hydrogen) atoms. The van der Waals surface area contributed by atoms with Gasteiger partial charge in [-0.3, -0.25) is 0 Å². The van der Waals surface area contributed by atoms with E-state index in [2.05, 4.69) is 0 Å². The number of alkyl halides is 3. The van der Waals surface area contributed by atoms with Gasteiger partial charge < -0.3 is 9.84 Å². The molecule has 1 aromatic carbocycles. The molecule has 1 saturated heterocycles. The smallest absolute Gasteiger partial charge is 0.368 e. The third-order valence-corrected chi connectivity index (χ3v) is 4.88. The first kappa shape index (κ1) is 16.6. The molecule has 1 aliphatic heterocycles. The highest BCUT2D eigenvalue weighted by atomic mass is 19.4. The fraction of sp³-hybridized carbons (Fsp3) is 0.625. The van der Waals surface area contributed by atoms with Crippen molar-refractivity contribution < 1.29 is 31.8 Å². The van der Waals surface area contributed by atoms with Gasteiger partial charge in [-0.2, -0.15) is 13.2 Å². The van der Waals surface area contributed by atoms with Crippen molar-refractivity contribution in [3.05, 3.63) is 34.9 Å². The van der Waals surface area contributed by atoms with E-state index in [0.29, 0.717) is 25.2 Å². The van der Waals surface area contributed by atoms with Gasteiger partial charge in [0.2, 0.25) is 0 Å². The van der Waals surface area contributed by atoms with Crippen LogP contribution in [0.1, 0.15) is 49.1 Å². The normalized spacial score (nSPS) is 31.7. The molecule has 2 unspecified atom stereocenters. The van der Waals surface area contributed by atoms with Crippen LogP contribution < -0.4 is 0 Å². The zero-order chi connectivity index (χ0) is 16.8. The molecule has 1 N–H and O–H groups in total. The number of halogens is 5. The van der Waals surface area contributed by atoms with E-state index in [9.17, 15) is 22.0 Å². The zero-order valence-corrected chi connectivity index (χ0v) is 12.2. The van der Waals surface area contributed by atoms with Gasteiger partial charge in [-0.1, -0.05) is 0 Å². The first-order chi connectivity index (χ1) is 10.8. The lowest BCUT2D eigenvalue weighted by molar-refractivity contribution is -0.250. The van der Waals surface area contributed by atoms with Crippen LogP contribution in [0.25, 0.3) is 0 Å². The van der Waals surface area contributed by atoms with Gasteiger partial charge in [-0.15, -0.1) is 0 Å². The lowest BCUT2D eigenvalue weighted by atomic mass is 9.75. The van der Waals surface area contributed by atoms with Gasteiger partial charge >= 0.3 is 6.18 Å². The number of hydrogen-bond acceptors (Lipinski definition) is 2. The first-order valence-electron chi connectivity index (χ1n) is 7.65. The third-order valence-electron chi connectivity index (χ3n) is 4.88. The van der Waals surface area contributed by atoms with Gasteiger partial charge in [-0.25, -0.2) is 8.78 Å². The minimum atomic E-state index is -5.03. The average Bonchev–Trinajstić information content (AvgIpc) is 2.42. The topological polar surface area (TPSA) is 29.5 Å². The van der Waals surface area contributed by atoms with Crippen molar-refractivity contribution >= 4 is 0 Å². The zero-order valence-electron chi connectivity index (χ0n) is 12.2. The molecule has 2 atom stereocenters. The highest BCUT2D eigenvalue weighted by molar-refractivity contribution is 5.30. The maximum absolute atomic E-state index is 13.7. The van der Waals surface area contributed by atoms with Crippen LogP contribution in [-0.4, -0.2) is 17.5 Å². The molecular formula is C16H17F5O2. The van der Waals surface area contributed by atoms with Crippen LogP contribution in [0.4, 0.5) is 22.0 Å². The molecule has 1 heterocycles. The molecule has 3 rings (SSSR count). The summed E-state index contributed by atoms with van der Waals surface area (Å²) >= 11 is 0. The summed E-state index contributed by atoms with van der Waals surface area (Å²) in [7, 11) is 0. The van der Waals surface area contributed by atoms with E-state index in [4.69, 9.17) is 9.84 Å². The Balaban J connectivity index is 1.69. The van der Waals surface area contributed by atoms with E-state index in [-0.39, 0.29) is 17.6 Å². The molecule has 2 fully saturated rings. The van der Waals surface area contributed by atoms with Crippen molar-refractivity contribution in [2.24, 2.45) is 5.92 Å². The Hall–Kier alpha value is -1.21. The molecule has 1 aliphatic carbocycles. The minimum Gasteiger partial charge on any atom is -0.368 e. The second-order valence-corrected chi connectivity index (χ2v) is 6.33. The number of hydrogen-bond donors (Lipinski definition) is 1. The maximum atomic E-state index is 13.7. The Bertz CT molecular complexity index is 549. The number of aliphatic hydroxyl groups excluding tert-OH is 1. The second kappa shape index (κ2) is 6.02. The largest absolute Gasteiger partial charge is 0.422 e. The summed E-state index contributed by atoms with van der Waals surface area (Å²) < 4.78 is 70.3. The standard InChI is InChI=1S/C16H17F5O2/c17-11-5-10(6-12(18)15(11)16(19,20)21)8-1-3-9(4-2-8)13-7-14(22)23-13/h5-6,8-9,13-14,22H,1-4,7H2. The average molecular weight is 336 g/mol. The monoisotopic (exact) mass is 336 g/mol. The first-order valence-corrected chi connectivity index (χ1v) is 7.65. The molecule has 0 aromatic heterocycles. The van der Waals surface area contributed by atoms with Crippen molar-refractivity contribution in [2.75, 3.05) is 0 Å². The van der Waals surface area contributed by atoms with E-state index >= 15 is 0 Å². The van der Waals surface area contributed by atoms with E-state index < -0.39 is 29.7 Å². The molecule has 2 nitrogen and oxygen atoms in total. The molecule has 1 saturated carbocycles. The van der Waals surface area contributed by atoms with Crippen molar-refractivity contribution in [1.29, 1.82) is 0 Å². The van der Waals surface area contributed by atoms with E-state index in [1.807, 2.05) is 0 Å². The lowest BCUT2D eigenvalue weighted by Crippen LogP contribution is -2.43. The van der Waals surface area contributed by atoms with E-state index in [0.717, 1.165) is 25.0 Å². The van der Waals surface area contributed by atoms with Crippen LogP contribution in [0, 0.1) is 17.6 Å². The van der Waals surface area contributed by atoms with Crippen LogP contribution in [0.5, 0.6) is 0 Å². The fourth-order valence-corrected chi connectivity index (χ4v) is 3.62. The van der Waals surface area contributed by atoms with Crippen LogP contribution in [-0.2, 0) is 10.9 Å². The molecule has 7 heteroatoms. The Morgan fingerprint density at radius 3 is 1.96 bits per heavy atom. The molecular weight excluding hydrogens is 319 g/mol. The number of benzene rings is 1. The Morgan fingerprint density at radius 2 is 1.52 bits per heavy atom. The van der Waals surface area contributed by atoms with Gasteiger partial charge in [0.25, 0.3) is 0 Å². The molecule has 0 spiro atoms. The molecule has 128 valence electrons. The minimum absolute atomic E-state index is 0.0204. The highest BCUT2D eigenvalue weighted by Gasteiger charge is 2.40. The third kappa shape index (κ3) is 3.35. The van der Waals surface area contributed by atoms with Gasteiger partial charge in [0.1, 0.15) is 17.2 Å². The van der Waals surface area contributed by atoms with Crippen molar-refractivity contribution in [3.63, 3.8) is 0 Å².